The van der Waals surface area contributed by atoms with Gasteiger partial charge >= 0.3 is 0 Å². The fraction of sp³-hybridized carbons (Fsp3) is 0.250. The maximum atomic E-state index is 6.10. The molecule has 2 aromatic carbocycles. The van der Waals surface area contributed by atoms with Gasteiger partial charge in [0.15, 0.2) is 0 Å². The van der Waals surface area contributed by atoms with Crippen LogP contribution < -0.4 is 0 Å². The molecule has 112 valence electrons. The number of hydrogen-bond donors (Lipinski definition) is 0. The molecule has 0 amide bonds. The minimum absolute atomic E-state index is 0.524. The second-order valence-corrected chi connectivity index (χ2v) is 7.69. The van der Waals surface area contributed by atoms with Crippen LogP contribution in [0.4, 0.5) is 0 Å². The van der Waals surface area contributed by atoms with Gasteiger partial charge in [0.25, 0.3) is 0 Å². The highest BCUT2D eigenvalue weighted by Gasteiger charge is 2.09. The van der Waals surface area contributed by atoms with Gasteiger partial charge in [0.05, 0.1) is 0 Å². The molecule has 0 unspecified atom stereocenters. The Balaban J connectivity index is 2.33. The van der Waals surface area contributed by atoms with Gasteiger partial charge in [-0.1, -0.05) is 11.8 Å². The first-order valence-electron chi connectivity index (χ1n) is 6.35. The summed E-state index contributed by atoms with van der Waals surface area (Å²) in [4.78, 5) is 4.88. The normalized spacial score (nSPS) is 10.9. The fourth-order valence-corrected chi connectivity index (χ4v) is 4.45. The Kier molecular flexibility index (Phi) is 7.17. The Morgan fingerprint density at radius 1 is 0.762 bits per heavy atom. The SMILES string of the molecule is CSc1ccc(Sc2ccc(SC)cc2CCl)c(CCl)c1. The van der Waals surface area contributed by atoms with Crippen LogP contribution in [0.3, 0.4) is 0 Å². The van der Waals surface area contributed by atoms with E-state index in [-0.39, 0.29) is 0 Å². The molecule has 0 spiro atoms. The number of alkyl halides is 2. The number of rotatable bonds is 6. The minimum atomic E-state index is 0.524. The van der Waals surface area contributed by atoms with Crippen molar-refractivity contribution in [3.8, 4) is 0 Å². The van der Waals surface area contributed by atoms with Crippen LogP contribution in [-0.4, -0.2) is 12.5 Å². The van der Waals surface area contributed by atoms with Crippen LogP contribution in [0.5, 0.6) is 0 Å². The molecular formula is C16H16Cl2S3. The molecule has 0 aliphatic heterocycles. The lowest BCUT2D eigenvalue weighted by molar-refractivity contribution is 1.18. The van der Waals surface area contributed by atoms with Gasteiger partial charge in [0, 0.05) is 31.3 Å². The molecule has 2 rings (SSSR count). The van der Waals surface area contributed by atoms with Gasteiger partial charge in [0.1, 0.15) is 0 Å². The van der Waals surface area contributed by atoms with Crippen molar-refractivity contribution in [1.29, 1.82) is 0 Å². The molecule has 0 N–H and O–H groups in total. The second-order valence-electron chi connectivity index (χ2n) is 4.32. The smallest absolute Gasteiger partial charge is 0.0485 e. The second kappa shape index (κ2) is 8.64. The van der Waals surface area contributed by atoms with Gasteiger partial charge in [-0.15, -0.1) is 46.7 Å². The van der Waals surface area contributed by atoms with Crippen LogP contribution in [-0.2, 0) is 11.8 Å². The molecular weight excluding hydrogens is 359 g/mol. The molecule has 0 aliphatic carbocycles. The van der Waals surface area contributed by atoms with Crippen molar-refractivity contribution in [3.05, 3.63) is 47.5 Å². The summed E-state index contributed by atoms with van der Waals surface area (Å²) in [5.41, 5.74) is 2.34. The lowest BCUT2D eigenvalue weighted by atomic mass is 10.2. The Morgan fingerprint density at radius 2 is 1.19 bits per heavy atom. The topological polar surface area (TPSA) is 0 Å². The van der Waals surface area contributed by atoms with Gasteiger partial charge in [0.2, 0.25) is 0 Å². The largest absolute Gasteiger partial charge is 0.130 e. The van der Waals surface area contributed by atoms with E-state index in [1.807, 2.05) is 0 Å². The highest BCUT2D eigenvalue weighted by atomic mass is 35.5. The Hall–Kier alpha value is 0.0700. The molecule has 0 atom stereocenters. The third-order valence-corrected chi connectivity index (χ3v) is 6.31. The molecule has 0 nitrogen and oxygen atoms in total. The van der Waals surface area contributed by atoms with Crippen LogP contribution >= 0.6 is 58.5 Å². The summed E-state index contributed by atoms with van der Waals surface area (Å²) in [7, 11) is 0. The van der Waals surface area contributed by atoms with Crippen LogP contribution in [0.15, 0.2) is 56.0 Å². The first-order valence-corrected chi connectivity index (χ1v) is 10.7. The molecule has 0 saturated heterocycles. The van der Waals surface area contributed by atoms with Crippen molar-refractivity contribution in [2.75, 3.05) is 12.5 Å². The van der Waals surface area contributed by atoms with E-state index < -0.39 is 0 Å². The molecule has 0 radical (unpaired) electrons. The van der Waals surface area contributed by atoms with Gasteiger partial charge in [-0.3, -0.25) is 0 Å². The molecule has 2 aromatic rings. The van der Waals surface area contributed by atoms with Gasteiger partial charge in [-0.25, -0.2) is 0 Å². The highest BCUT2D eigenvalue weighted by Crippen LogP contribution is 2.37. The molecule has 5 heteroatoms. The summed E-state index contributed by atoms with van der Waals surface area (Å²) in [5.74, 6) is 1.05. The lowest BCUT2D eigenvalue weighted by Gasteiger charge is -2.12. The van der Waals surface area contributed by atoms with E-state index in [0.29, 0.717) is 11.8 Å². The zero-order chi connectivity index (χ0) is 15.2. The quantitative estimate of drug-likeness (QED) is 0.404. The van der Waals surface area contributed by atoms with E-state index in [1.165, 1.54) is 30.7 Å². The van der Waals surface area contributed by atoms with Gasteiger partial charge in [-0.05, 0) is 60.0 Å². The minimum Gasteiger partial charge on any atom is -0.130 e. The van der Waals surface area contributed by atoms with E-state index in [9.17, 15) is 0 Å². The monoisotopic (exact) mass is 374 g/mol. The van der Waals surface area contributed by atoms with E-state index in [4.69, 9.17) is 23.2 Å². The van der Waals surface area contributed by atoms with E-state index in [2.05, 4.69) is 48.9 Å². The summed E-state index contributed by atoms with van der Waals surface area (Å²) in [6, 6.07) is 12.9. The predicted molar refractivity (Wildman–Crippen MR) is 99.7 cm³/mol. The van der Waals surface area contributed by atoms with Gasteiger partial charge < -0.3 is 0 Å². The number of halogens is 2. The zero-order valence-electron chi connectivity index (χ0n) is 11.9. The zero-order valence-corrected chi connectivity index (χ0v) is 15.8. The number of benzene rings is 2. The first kappa shape index (κ1) is 17.4. The van der Waals surface area contributed by atoms with E-state index >= 15 is 0 Å². The molecule has 0 saturated carbocycles. The molecule has 0 bridgehead atoms. The molecule has 0 heterocycles. The van der Waals surface area contributed by atoms with Crippen LogP contribution in [0.25, 0.3) is 0 Å². The molecule has 0 aromatic heterocycles. The Labute approximate surface area is 149 Å². The van der Waals surface area contributed by atoms with Crippen molar-refractivity contribution in [1.82, 2.24) is 0 Å². The third kappa shape index (κ3) is 4.52. The van der Waals surface area contributed by atoms with Crippen LogP contribution in [0.1, 0.15) is 11.1 Å². The third-order valence-electron chi connectivity index (χ3n) is 3.04. The van der Waals surface area contributed by atoms with Crippen molar-refractivity contribution in [2.45, 2.75) is 31.3 Å². The summed E-state index contributed by atoms with van der Waals surface area (Å²) < 4.78 is 0. The molecule has 0 fully saturated rings. The van der Waals surface area contributed by atoms with Crippen LogP contribution in [0, 0.1) is 0 Å². The standard InChI is InChI=1S/C16H16Cl2S3/c1-19-13-3-5-15(11(7-13)9-17)21-16-6-4-14(20-2)8-12(16)10-18/h3-8H,9-10H2,1-2H3. The van der Waals surface area contributed by atoms with E-state index in [0.717, 1.165) is 0 Å². The average molecular weight is 375 g/mol. The maximum absolute atomic E-state index is 6.10. The van der Waals surface area contributed by atoms with Crippen molar-refractivity contribution < 1.29 is 0 Å². The van der Waals surface area contributed by atoms with Crippen LogP contribution in [0.2, 0.25) is 0 Å². The summed E-state index contributed by atoms with van der Waals surface area (Å²) in [5, 5.41) is 0. The molecule has 0 aliphatic rings. The highest BCUT2D eigenvalue weighted by molar-refractivity contribution is 7.99. The van der Waals surface area contributed by atoms with Crippen molar-refractivity contribution in [3.63, 3.8) is 0 Å². The van der Waals surface area contributed by atoms with Gasteiger partial charge in [-0.2, -0.15) is 0 Å². The maximum Gasteiger partial charge on any atom is 0.0485 e. The molecule has 21 heavy (non-hydrogen) atoms. The van der Waals surface area contributed by atoms with E-state index in [1.54, 1.807) is 35.3 Å². The van der Waals surface area contributed by atoms with Crippen molar-refractivity contribution in [2.24, 2.45) is 0 Å². The average Bonchev–Trinajstić information content (AvgIpc) is 2.55. The summed E-state index contributed by atoms with van der Waals surface area (Å²) in [6.45, 7) is 0. The Bertz CT molecular complexity index is 561. The summed E-state index contributed by atoms with van der Waals surface area (Å²) in [6.07, 6.45) is 4.15. The fourth-order valence-electron chi connectivity index (χ4n) is 1.89. The summed E-state index contributed by atoms with van der Waals surface area (Å²) >= 11 is 17.4. The van der Waals surface area contributed by atoms with Crippen molar-refractivity contribution >= 4 is 58.5 Å². The first-order chi connectivity index (χ1) is 10.2. The Morgan fingerprint density at radius 3 is 1.52 bits per heavy atom. The number of hydrogen-bond acceptors (Lipinski definition) is 3. The lowest BCUT2D eigenvalue weighted by Crippen LogP contribution is -1.89. The number of thioether (sulfide) groups is 2. The predicted octanol–water partition coefficient (Wildman–Crippen LogP) is 6.76.